The second kappa shape index (κ2) is 4.65. The lowest BCUT2D eigenvalue weighted by atomic mass is 10.4. The van der Waals surface area contributed by atoms with E-state index in [1.165, 1.54) is 22.6 Å². The zero-order valence-electron chi connectivity index (χ0n) is 7.49. The summed E-state index contributed by atoms with van der Waals surface area (Å²) in [6, 6.07) is 0.717. The first-order valence-corrected chi connectivity index (χ1v) is 6.99. The van der Waals surface area contributed by atoms with Gasteiger partial charge in [-0.05, 0) is 22.6 Å². The molecule has 0 bridgehead atoms. The molecule has 0 aliphatic carbocycles. The van der Waals surface area contributed by atoms with Crippen LogP contribution in [0.5, 0.6) is 11.5 Å². The van der Waals surface area contributed by atoms with Crippen LogP contribution in [0.25, 0.3) is 0 Å². The van der Waals surface area contributed by atoms with E-state index in [9.17, 15) is 26.7 Å². The van der Waals surface area contributed by atoms with Crippen LogP contribution in [0.2, 0.25) is 0 Å². The fourth-order valence-corrected chi connectivity index (χ4v) is 2.39. The number of hydrogen-bond acceptors (Lipinski definition) is 5. The van der Waals surface area contributed by atoms with Crippen molar-refractivity contribution < 1.29 is 31.4 Å². The predicted molar refractivity (Wildman–Crippen MR) is 58.3 cm³/mol. The van der Waals surface area contributed by atoms with Gasteiger partial charge in [0, 0.05) is 16.7 Å². The Balaban J connectivity index is 3.40. The van der Waals surface area contributed by atoms with Gasteiger partial charge in [0.15, 0.2) is 11.5 Å². The molecule has 0 amide bonds. The molecule has 1 aromatic heterocycles. The number of aromatic hydroxyl groups is 1. The molecular formula is C6H2ClF3INO4S. The minimum atomic E-state index is -5.07. The van der Waals surface area contributed by atoms with Crippen molar-refractivity contribution in [3.63, 3.8) is 0 Å². The molecule has 0 aromatic carbocycles. The smallest absolute Gasteiger partial charge is 0.502 e. The molecule has 0 atom stereocenters. The van der Waals surface area contributed by atoms with E-state index in [4.69, 9.17) is 10.7 Å². The van der Waals surface area contributed by atoms with E-state index < -0.39 is 31.9 Å². The van der Waals surface area contributed by atoms with Gasteiger partial charge in [-0.1, -0.05) is 0 Å². The first kappa shape index (κ1) is 14.6. The average molecular weight is 404 g/mol. The van der Waals surface area contributed by atoms with Crippen LogP contribution in [0.1, 0.15) is 0 Å². The number of aromatic nitrogens is 1. The van der Waals surface area contributed by atoms with E-state index in [1.807, 2.05) is 0 Å². The van der Waals surface area contributed by atoms with Crippen LogP contribution in [-0.4, -0.2) is 24.9 Å². The standard InChI is InChI=1S/C6H2ClF3INO4S/c7-17(14,15)5-4(13)2(1-3(11)12-5)16-6(8,9)10/h1,13H. The van der Waals surface area contributed by atoms with Crippen LogP contribution in [0, 0.1) is 3.70 Å². The predicted octanol–water partition coefficient (Wildman–Crippen LogP) is 2.22. The highest BCUT2D eigenvalue weighted by atomic mass is 127. The van der Waals surface area contributed by atoms with Gasteiger partial charge in [0.1, 0.15) is 3.70 Å². The molecule has 1 heterocycles. The highest BCUT2D eigenvalue weighted by Crippen LogP contribution is 2.37. The van der Waals surface area contributed by atoms with Crippen LogP contribution >= 0.6 is 33.3 Å². The molecule has 0 fully saturated rings. The third kappa shape index (κ3) is 4.03. The minimum Gasteiger partial charge on any atom is -0.502 e. The molecule has 1 N–H and O–H groups in total. The van der Waals surface area contributed by atoms with Crippen molar-refractivity contribution in [2.45, 2.75) is 11.4 Å². The van der Waals surface area contributed by atoms with Gasteiger partial charge in [0.25, 0.3) is 9.05 Å². The molecule has 0 radical (unpaired) electrons. The first-order valence-electron chi connectivity index (χ1n) is 3.60. The van der Waals surface area contributed by atoms with Gasteiger partial charge in [-0.15, -0.1) is 13.2 Å². The number of pyridine rings is 1. The normalized spacial score (nSPS) is 12.5. The van der Waals surface area contributed by atoms with Gasteiger partial charge >= 0.3 is 6.36 Å². The minimum absolute atomic E-state index is 0.140. The summed E-state index contributed by atoms with van der Waals surface area (Å²) in [7, 11) is 0.413. The molecule has 17 heavy (non-hydrogen) atoms. The summed E-state index contributed by atoms with van der Waals surface area (Å²) in [6.45, 7) is 0. The van der Waals surface area contributed by atoms with E-state index in [2.05, 4.69) is 9.72 Å². The summed E-state index contributed by atoms with van der Waals surface area (Å²) in [5.41, 5.74) is 0. The lowest BCUT2D eigenvalue weighted by Crippen LogP contribution is -2.18. The molecule has 0 saturated carbocycles. The average Bonchev–Trinajstić information content (AvgIpc) is 2.06. The molecule has 96 valence electrons. The Bertz CT molecular complexity index is 547. The molecule has 0 unspecified atom stereocenters. The van der Waals surface area contributed by atoms with Crippen LogP contribution in [-0.2, 0) is 9.05 Å². The summed E-state index contributed by atoms with van der Waals surface area (Å²) >= 11 is 1.45. The Morgan fingerprint density at radius 1 is 1.47 bits per heavy atom. The summed E-state index contributed by atoms with van der Waals surface area (Å²) in [5.74, 6) is -2.38. The second-order valence-electron chi connectivity index (χ2n) is 2.58. The molecule has 0 saturated heterocycles. The molecule has 1 aromatic rings. The van der Waals surface area contributed by atoms with Crippen molar-refractivity contribution in [3.8, 4) is 11.5 Å². The van der Waals surface area contributed by atoms with Crippen molar-refractivity contribution in [1.29, 1.82) is 0 Å². The van der Waals surface area contributed by atoms with Crippen molar-refractivity contribution in [3.05, 3.63) is 9.77 Å². The lowest BCUT2D eigenvalue weighted by Gasteiger charge is -2.11. The van der Waals surface area contributed by atoms with Crippen LogP contribution in [0.4, 0.5) is 13.2 Å². The topological polar surface area (TPSA) is 76.5 Å². The first-order chi connectivity index (χ1) is 7.50. The maximum Gasteiger partial charge on any atom is 0.573 e. The summed E-state index contributed by atoms with van der Waals surface area (Å²) in [4.78, 5) is 3.30. The van der Waals surface area contributed by atoms with E-state index in [0.717, 1.165) is 6.07 Å². The zero-order chi connectivity index (χ0) is 13.4. The lowest BCUT2D eigenvalue weighted by molar-refractivity contribution is -0.275. The van der Waals surface area contributed by atoms with E-state index in [-0.39, 0.29) is 3.70 Å². The van der Waals surface area contributed by atoms with Gasteiger partial charge in [0.05, 0.1) is 0 Å². The van der Waals surface area contributed by atoms with Gasteiger partial charge in [-0.25, -0.2) is 13.4 Å². The van der Waals surface area contributed by atoms with Crippen molar-refractivity contribution >= 4 is 42.3 Å². The number of nitrogens with zero attached hydrogens (tertiary/aromatic N) is 1. The molecule has 5 nitrogen and oxygen atoms in total. The quantitative estimate of drug-likeness (QED) is 0.466. The van der Waals surface area contributed by atoms with E-state index in [1.54, 1.807) is 0 Å². The molecular weight excluding hydrogens is 401 g/mol. The molecule has 0 spiro atoms. The van der Waals surface area contributed by atoms with Gasteiger partial charge in [0.2, 0.25) is 5.03 Å². The number of halogens is 5. The molecule has 1 rings (SSSR count). The van der Waals surface area contributed by atoms with Gasteiger partial charge < -0.3 is 9.84 Å². The summed E-state index contributed by atoms with van der Waals surface area (Å²) in [6.07, 6.45) is -5.07. The number of alkyl halides is 3. The second-order valence-corrected chi connectivity index (χ2v) is 6.17. The number of ether oxygens (including phenoxy) is 1. The fourth-order valence-electron chi connectivity index (χ4n) is 0.837. The Morgan fingerprint density at radius 3 is 2.41 bits per heavy atom. The Morgan fingerprint density at radius 2 is 2.00 bits per heavy atom. The molecule has 11 heteroatoms. The monoisotopic (exact) mass is 403 g/mol. The molecule has 0 aliphatic rings. The van der Waals surface area contributed by atoms with Crippen molar-refractivity contribution in [2.75, 3.05) is 0 Å². The fraction of sp³-hybridized carbons (Fsp3) is 0.167. The third-order valence-electron chi connectivity index (χ3n) is 1.35. The SMILES string of the molecule is O=S(=O)(Cl)c1nc(I)cc(OC(F)(F)F)c1O. The zero-order valence-corrected chi connectivity index (χ0v) is 11.2. The highest BCUT2D eigenvalue weighted by Gasteiger charge is 2.34. The largest absolute Gasteiger partial charge is 0.573 e. The van der Waals surface area contributed by atoms with Crippen molar-refractivity contribution in [2.24, 2.45) is 0 Å². The highest BCUT2D eigenvalue weighted by molar-refractivity contribution is 14.1. The Hall–Kier alpha value is -0.490. The Kier molecular flexibility index (Phi) is 3.98. The number of hydrogen-bond donors (Lipinski definition) is 1. The number of rotatable bonds is 2. The maximum absolute atomic E-state index is 11.9. The maximum atomic E-state index is 11.9. The Labute approximate surface area is 111 Å². The summed E-state index contributed by atoms with van der Waals surface area (Å²) in [5, 5.41) is 8.17. The van der Waals surface area contributed by atoms with Crippen LogP contribution in [0.3, 0.4) is 0 Å². The third-order valence-corrected chi connectivity index (χ3v) is 3.09. The van der Waals surface area contributed by atoms with Crippen LogP contribution in [0.15, 0.2) is 11.1 Å². The molecule has 0 aliphatic heterocycles. The van der Waals surface area contributed by atoms with Crippen molar-refractivity contribution in [1.82, 2.24) is 4.98 Å². The van der Waals surface area contributed by atoms with E-state index >= 15 is 0 Å². The summed E-state index contributed by atoms with van der Waals surface area (Å²) < 4.78 is 61.0. The van der Waals surface area contributed by atoms with E-state index in [0.29, 0.717) is 0 Å². The van der Waals surface area contributed by atoms with Gasteiger partial charge in [-0.2, -0.15) is 0 Å². The van der Waals surface area contributed by atoms with Gasteiger partial charge in [-0.3, -0.25) is 0 Å². The van der Waals surface area contributed by atoms with Crippen LogP contribution < -0.4 is 4.74 Å².